The molecule has 1 amide bonds. The van der Waals surface area contributed by atoms with Crippen molar-refractivity contribution >= 4 is 22.4 Å². The van der Waals surface area contributed by atoms with Gasteiger partial charge in [-0.25, -0.2) is 4.98 Å². The van der Waals surface area contributed by atoms with E-state index in [0.717, 1.165) is 11.3 Å². The normalized spacial score (nSPS) is 13.7. The fourth-order valence-electron chi connectivity index (χ4n) is 1.83. The second-order valence-electron chi connectivity index (χ2n) is 4.30. The van der Waals surface area contributed by atoms with Crippen molar-refractivity contribution in [3.8, 4) is 17.0 Å². The van der Waals surface area contributed by atoms with Crippen molar-refractivity contribution in [2.24, 2.45) is 0 Å². The van der Waals surface area contributed by atoms with Crippen molar-refractivity contribution in [2.45, 2.75) is 6.42 Å². The highest BCUT2D eigenvalue weighted by molar-refractivity contribution is 7.14. The number of aromatic nitrogens is 1. The Labute approximate surface area is 119 Å². The number of phenolic OH excluding ortho intramolecular Hbond substituents is 1. The first kappa shape index (κ1) is 12.7. The molecular weight excluding hydrogens is 276 g/mol. The zero-order valence-corrected chi connectivity index (χ0v) is 11.3. The van der Waals surface area contributed by atoms with E-state index in [-0.39, 0.29) is 11.7 Å². The number of aromatic hydroxyl groups is 1. The molecule has 0 atom stereocenters. The number of nitrogens with one attached hydrogen (secondary N) is 1. The van der Waals surface area contributed by atoms with Gasteiger partial charge in [-0.15, -0.1) is 11.3 Å². The van der Waals surface area contributed by atoms with Gasteiger partial charge in [-0.05, 0) is 24.3 Å². The summed E-state index contributed by atoms with van der Waals surface area (Å²) in [6.07, 6.45) is 2.12. The fourth-order valence-corrected chi connectivity index (χ4v) is 2.54. The van der Waals surface area contributed by atoms with Crippen molar-refractivity contribution in [3.63, 3.8) is 0 Å². The zero-order chi connectivity index (χ0) is 13.9. The van der Waals surface area contributed by atoms with E-state index in [4.69, 9.17) is 4.74 Å². The van der Waals surface area contributed by atoms with Crippen LogP contribution in [0, 0.1) is 0 Å². The van der Waals surface area contributed by atoms with Crippen molar-refractivity contribution in [2.75, 3.05) is 11.9 Å². The largest absolute Gasteiger partial charge is 0.508 e. The summed E-state index contributed by atoms with van der Waals surface area (Å²) in [5.41, 5.74) is 2.29. The van der Waals surface area contributed by atoms with Gasteiger partial charge in [0.25, 0.3) is 5.91 Å². The lowest BCUT2D eigenvalue weighted by Crippen LogP contribution is -2.13. The summed E-state index contributed by atoms with van der Waals surface area (Å²) in [7, 11) is 0. The maximum Gasteiger partial charge on any atom is 0.256 e. The number of phenols is 1. The van der Waals surface area contributed by atoms with Gasteiger partial charge < -0.3 is 9.84 Å². The van der Waals surface area contributed by atoms with Crippen molar-refractivity contribution < 1.29 is 14.6 Å². The Balaban J connectivity index is 1.73. The van der Waals surface area contributed by atoms with Crippen LogP contribution in [0.4, 0.5) is 5.13 Å². The molecule has 2 aromatic rings. The molecule has 0 fully saturated rings. The number of nitrogens with zero attached hydrogens (tertiary/aromatic N) is 1. The van der Waals surface area contributed by atoms with E-state index in [9.17, 15) is 9.90 Å². The Bertz CT molecular complexity index is 661. The number of ether oxygens (including phenoxy) is 1. The van der Waals surface area contributed by atoms with E-state index in [2.05, 4.69) is 10.3 Å². The minimum Gasteiger partial charge on any atom is -0.508 e. The van der Waals surface area contributed by atoms with Gasteiger partial charge >= 0.3 is 0 Å². The van der Waals surface area contributed by atoms with Gasteiger partial charge in [0, 0.05) is 17.4 Å². The molecule has 0 bridgehead atoms. The summed E-state index contributed by atoms with van der Waals surface area (Å²) in [6.45, 7) is 0.555. The molecular formula is C14H12N2O3S. The van der Waals surface area contributed by atoms with Gasteiger partial charge in [-0.1, -0.05) is 0 Å². The topological polar surface area (TPSA) is 71.5 Å². The van der Waals surface area contributed by atoms with Gasteiger partial charge in [-0.2, -0.15) is 0 Å². The molecule has 1 aromatic carbocycles. The van der Waals surface area contributed by atoms with Crippen LogP contribution in [0.1, 0.15) is 6.42 Å². The first-order chi connectivity index (χ1) is 9.72. The minimum atomic E-state index is -0.172. The maximum absolute atomic E-state index is 11.9. The van der Waals surface area contributed by atoms with Crippen LogP contribution in [0.25, 0.3) is 11.3 Å². The van der Waals surface area contributed by atoms with Gasteiger partial charge in [0.05, 0.1) is 24.1 Å². The summed E-state index contributed by atoms with van der Waals surface area (Å²) in [5, 5.41) is 14.4. The van der Waals surface area contributed by atoms with Gasteiger partial charge in [0.15, 0.2) is 5.13 Å². The average Bonchev–Trinajstić information content (AvgIpc) is 3.10. The third-order valence-electron chi connectivity index (χ3n) is 2.89. The SMILES string of the molecule is O=C(Nc1nc(-c2ccc(O)cc2)cs1)C1=COCC1. The van der Waals surface area contributed by atoms with E-state index >= 15 is 0 Å². The number of anilines is 1. The predicted molar refractivity (Wildman–Crippen MR) is 76.5 cm³/mol. The highest BCUT2D eigenvalue weighted by Crippen LogP contribution is 2.26. The lowest BCUT2D eigenvalue weighted by Gasteiger charge is -2.00. The number of benzene rings is 1. The smallest absolute Gasteiger partial charge is 0.256 e. The number of thiazole rings is 1. The molecule has 2 heterocycles. The molecule has 2 N–H and O–H groups in total. The number of rotatable bonds is 3. The average molecular weight is 288 g/mol. The lowest BCUT2D eigenvalue weighted by atomic mass is 10.2. The summed E-state index contributed by atoms with van der Waals surface area (Å²) in [6, 6.07) is 6.77. The van der Waals surface area contributed by atoms with E-state index in [1.54, 1.807) is 24.3 Å². The van der Waals surface area contributed by atoms with Crippen LogP contribution in [-0.2, 0) is 9.53 Å². The molecule has 0 aliphatic carbocycles. The number of amides is 1. The Morgan fingerprint density at radius 2 is 2.15 bits per heavy atom. The number of carbonyl (C=O) groups is 1. The van der Waals surface area contributed by atoms with E-state index in [0.29, 0.717) is 23.7 Å². The van der Waals surface area contributed by atoms with Crippen LogP contribution in [-0.4, -0.2) is 22.6 Å². The van der Waals surface area contributed by atoms with Crippen molar-refractivity contribution in [1.82, 2.24) is 4.98 Å². The van der Waals surface area contributed by atoms with Crippen molar-refractivity contribution in [3.05, 3.63) is 41.5 Å². The molecule has 0 saturated carbocycles. The molecule has 0 unspecified atom stereocenters. The molecule has 0 radical (unpaired) electrons. The number of carbonyl (C=O) groups excluding carboxylic acids is 1. The predicted octanol–water partition coefficient (Wildman–Crippen LogP) is 2.76. The molecule has 0 spiro atoms. The summed E-state index contributed by atoms with van der Waals surface area (Å²) in [4.78, 5) is 16.2. The van der Waals surface area contributed by atoms with Crippen LogP contribution in [0.2, 0.25) is 0 Å². The summed E-state index contributed by atoms with van der Waals surface area (Å²) in [5.74, 6) is 0.0415. The number of hydrogen-bond acceptors (Lipinski definition) is 5. The van der Waals surface area contributed by atoms with Gasteiger partial charge in [0.2, 0.25) is 0 Å². The van der Waals surface area contributed by atoms with E-state index in [1.807, 2.05) is 5.38 Å². The molecule has 5 nitrogen and oxygen atoms in total. The Morgan fingerprint density at radius 3 is 2.85 bits per heavy atom. The third kappa shape index (κ3) is 2.65. The van der Waals surface area contributed by atoms with E-state index < -0.39 is 0 Å². The monoisotopic (exact) mass is 288 g/mol. The minimum absolute atomic E-state index is 0.172. The Morgan fingerprint density at radius 1 is 1.35 bits per heavy atom. The number of hydrogen-bond donors (Lipinski definition) is 2. The highest BCUT2D eigenvalue weighted by atomic mass is 32.1. The first-order valence-electron chi connectivity index (χ1n) is 6.09. The molecule has 20 heavy (non-hydrogen) atoms. The molecule has 1 aliphatic heterocycles. The quantitative estimate of drug-likeness (QED) is 0.911. The van der Waals surface area contributed by atoms with Crippen LogP contribution < -0.4 is 5.32 Å². The maximum atomic E-state index is 11.9. The van der Waals surface area contributed by atoms with Gasteiger partial charge in [-0.3, -0.25) is 10.1 Å². The zero-order valence-electron chi connectivity index (χ0n) is 10.5. The molecule has 1 aromatic heterocycles. The molecule has 1 aliphatic rings. The summed E-state index contributed by atoms with van der Waals surface area (Å²) >= 11 is 1.36. The Kier molecular flexibility index (Phi) is 3.39. The van der Waals surface area contributed by atoms with Crippen LogP contribution in [0.5, 0.6) is 5.75 Å². The molecule has 102 valence electrons. The molecule has 6 heteroatoms. The van der Waals surface area contributed by atoms with Crippen LogP contribution >= 0.6 is 11.3 Å². The summed E-state index contributed by atoms with van der Waals surface area (Å²) < 4.78 is 5.04. The van der Waals surface area contributed by atoms with Gasteiger partial charge in [0.1, 0.15) is 5.75 Å². The first-order valence-corrected chi connectivity index (χ1v) is 6.97. The van der Waals surface area contributed by atoms with Crippen molar-refractivity contribution in [1.29, 1.82) is 0 Å². The standard InChI is InChI=1S/C14H12N2O3S/c17-11-3-1-9(2-4-11)12-8-20-14(15-12)16-13(18)10-5-6-19-7-10/h1-4,7-8,17H,5-6H2,(H,15,16,18). The lowest BCUT2D eigenvalue weighted by molar-refractivity contribution is -0.112. The van der Waals surface area contributed by atoms with Crippen LogP contribution in [0.3, 0.4) is 0 Å². The third-order valence-corrected chi connectivity index (χ3v) is 3.65. The highest BCUT2D eigenvalue weighted by Gasteiger charge is 2.16. The molecule has 0 saturated heterocycles. The Hall–Kier alpha value is -2.34. The second kappa shape index (κ2) is 5.34. The molecule has 3 rings (SSSR count). The second-order valence-corrected chi connectivity index (χ2v) is 5.16. The fraction of sp³-hybridized carbons (Fsp3) is 0.143. The van der Waals surface area contributed by atoms with Crippen LogP contribution in [0.15, 0.2) is 41.5 Å². The van der Waals surface area contributed by atoms with E-state index in [1.165, 1.54) is 17.6 Å².